The predicted octanol–water partition coefficient (Wildman–Crippen LogP) is 3.95. The third-order valence-corrected chi connectivity index (χ3v) is 5.13. The third kappa shape index (κ3) is 4.60. The molecule has 0 atom stereocenters. The maximum absolute atomic E-state index is 13.2. The van der Waals surface area contributed by atoms with Gasteiger partial charge in [0, 0.05) is 56.5 Å². The highest BCUT2D eigenvalue weighted by Crippen LogP contribution is 2.33. The molecule has 0 unspecified atom stereocenters. The Morgan fingerprint density at radius 1 is 1.16 bits per heavy atom. The highest BCUT2D eigenvalue weighted by atomic mass is 19.1. The molecule has 0 N–H and O–H groups in total. The fourth-order valence-electron chi connectivity index (χ4n) is 3.67. The van der Waals surface area contributed by atoms with Gasteiger partial charge in [0.05, 0.1) is 0 Å². The van der Waals surface area contributed by atoms with E-state index in [-0.39, 0.29) is 12.2 Å². The van der Waals surface area contributed by atoms with Gasteiger partial charge in [-0.3, -0.25) is 0 Å². The first kappa shape index (κ1) is 21.0. The first-order valence-electron chi connectivity index (χ1n) is 10.3. The van der Waals surface area contributed by atoms with E-state index in [0.29, 0.717) is 37.3 Å². The Morgan fingerprint density at radius 2 is 1.90 bits per heavy atom. The van der Waals surface area contributed by atoms with Crippen molar-refractivity contribution < 1.29 is 18.7 Å². The molecule has 9 heteroatoms. The molecule has 0 aliphatic carbocycles. The van der Waals surface area contributed by atoms with Gasteiger partial charge in [0.1, 0.15) is 29.1 Å². The standard InChI is InChI=1S/C22H26FN5O3/c1-22(2,3)31-21(29)28-9-7-15(8-10-28)30-20-19-18(25-13-26-20)16(12-27(19)4)14-5-6-17(23)24-11-14/h5-6,11-13,15H,7-10H2,1-4H3. The molecule has 164 valence electrons. The summed E-state index contributed by atoms with van der Waals surface area (Å²) in [6, 6.07) is 3.00. The number of pyridine rings is 1. The number of hydrogen-bond donors (Lipinski definition) is 0. The van der Waals surface area contributed by atoms with Gasteiger partial charge in [-0.15, -0.1) is 0 Å². The first-order valence-corrected chi connectivity index (χ1v) is 10.3. The van der Waals surface area contributed by atoms with Crippen molar-refractivity contribution in [3.8, 4) is 17.0 Å². The second kappa shape index (κ2) is 8.13. The van der Waals surface area contributed by atoms with Crippen LogP contribution in [0.2, 0.25) is 0 Å². The lowest BCUT2D eigenvalue weighted by atomic mass is 10.1. The molecule has 0 bridgehead atoms. The van der Waals surface area contributed by atoms with Gasteiger partial charge in [-0.05, 0) is 32.9 Å². The SMILES string of the molecule is Cn1cc(-c2ccc(F)nc2)c2ncnc(OC3CCN(C(=O)OC(C)(C)C)CC3)c21. The topological polar surface area (TPSA) is 82.4 Å². The summed E-state index contributed by atoms with van der Waals surface area (Å²) in [6.45, 7) is 6.70. The number of hydrogen-bond acceptors (Lipinski definition) is 6. The van der Waals surface area contributed by atoms with E-state index >= 15 is 0 Å². The zero-order valence-electron chi connectivity index (χ0n) is 18.1. The number of ether oxygens (including phenoxy) is 2. The molecule has 1 fully saturated rings. The molecule has 1 saturated heterocycles. The zero-order chi connectivity index (χ0) is 22.2. The Bertz CT molecular complexity index is 1080. The van der Waals surface area contributed by atoms with Gasteiger partial charge >= 0.3 is 6.09 Å². The maximum Gasteiger partial charge on any atom is 0.410 e. The second-order valence-electron chi connectivity index (χ2n) is 8.68. The number of fused-ring (bicyclic) bond motifs is 1. The minimum atomic E-state index is -0.527. The van der Waals surface area contributed by atoms with E-state index in [0.717, 1.165) is 16.6 Å². The minimum absolute atomic E-state index is 0.0670. The summed E-state index contributed by atoms with van der Waals surface area (Å²) in [6.07, 6.45) is 5.87. The number of likely N-dealkylation sites (tertiary alicyclic amines) is 1. The van der Waals surface area contributed by atoms with Crippen LogP contribution in [-0.4, -0.2) is 55.3 Å². The van der Waals surface area contributed by atoms with Crippen LogP contribution in [0.4, 0.5) is 9.18 Å². The lowest BCUT2D eigenvalue weighted by molar-refractivity contribution is 0.0124. The highest BCUT2D eigenvalue weighted by Gasteiger charge is 2.28. The van der Waals surface area contributed by atoms with E-state index < -0.39 is 11.5 Å². The Kier molecular flexibility index (Phi) is 5.51. The van der Waals surface area contributed by atoms with E-state index in [9.17, 15) is 9.18 Å². The average molecular weight is 427 g/mol. The fourth-order valence-corrected chi connectivity index (χ4v) is 3.67. The molecule has 4 heterocycles. The van der Waals surface area contributed by atoms with Crippen LogP contribution in [0.3, 0.4) is 0 Å². The Labute approximate surface area is 180 Å². The molecule has 3 aromatic heterocycles. The summed E-state index contributed by atoms with van der Waals surface area (Å²) in [4.78, 5) is 26.5. The number of aryl methyl sites for hydroxylation is 1. The van der Waals surface area contributed by atoms with E-state index in [1.807, 2.05) is 38.6 Å². The fraction of sp³-hybridized carbons (Fsp3) is 0.455. The van der Waals surface area contributed by atoms with Crippen LogP contribution in [0.1, 0.15) is 33.6 Å². The summed E-state index contributed by atoms with van der Waals surface area (Å²) in [5, 5.41) is 0. The summed E-state index contributed by atoms with van der Waals surface area (Å²) in [5.41, 5.74) is 2.56. The molecule has 1 aliphatic rings. The van der Waals surface area contributed by atoms with E-state index in [1.54, 1.807) is 11.0 Å². The molecule has 1 aliphatic heterocycles. The van der Waals surface area contributed by atoms with Crippen LogP contribution in [0.5, 0.6) is 5.88 Å². The molecule has 3 aromatic rings. The molecular formula is C22H26FN5O3. The highest BCUT2D eigenvalue weighted by molar-refractivity contribution is 5.95. The van der Waals surface area contributed by atoms with Gasteiger partial charge in [-0.25, -0.2) is 14.8 Å². The average Bonchev–Trinajstić information content (AvgIpc) is 3.05. The second-order valence-corrected chi connectivity index (χ2v) is 8.68. The van der Waals surface area contributed by atoms with Gasteiger partial charge < -0.3 is 18.9 Å². The van der Waals surface area contributed by atoms with Crippen LogP contribution in [0, 0.1) is 5.95 Å². The van der Waals surface area contributed by atoms with E-state index in [1.165, 1.54) is 18.6 Å². The van der Waals surface area contributed by atoms with E-state index in [4.69, 9.17) is 9.47 Å². The molecule has 0 saturated carbocycles. The van der Waals surface area contributed by atoms with Crippen LogP contribution >= 0.6 is 0 Å². The maximum atomic E-state index is 13.2. The van der Waals surface area contributed by atoms with Crippen molar-refractivity contribution in [2.45, 2.75) is 45.3 Å². The third-order valence-electron chi connectivity index (χ3n) is 5.13. The number of amides is 1. The van der Waals surface area contributed by atoms with Crippen molar-refractivity contribution in [1.82, 2.24) is 24.4 Å². The number of piperidine rings is 1. The lowest BCUT2D eigenvalue weighted by Crippen LogP contribution is -2.44. The number of aromatic nitrogens is 4. The summed E-state index contributed by atoms with van der Waals surface area (Å²) in [5.74, 6) is -0.0371. The molecule has 0 spiro atoms. The van der Waals surface area contributed by atoms with Crippen molar-refractivity contribution >= 4 is 17.1 Å². The van der Waals surface area contributed by atoms with E-state index in [2.05, 4.69) is 15.0 Å². The van der Waals surface area contributed by atoms with Gasteiger partial charge in [0.15, 0.2) is 0 Å². The van der Waals surface area contributed by atoms with Crippen LogP contribution in [0.15, 0.2) is 30.9 Å². The van der Waals surface area contributed by atoms with Crippen molar-refractivity contribution in [3.05, 3.63) is 36.8 Å². The Hall–Kier alpha value is -3.23. The smallest absolute Gasteiger partial charge is 0.410 e. The first-order chi connectivity index (χ1) is 14.7. The number of carbonyl (C=O) groups is 1. The molecular weight excluding hydrogens is 401 g/mol. The molecule has 0 aromatic carbocycles. The van der Waals surface area contributed by atoms with Crippen LogP contribution < -0.4 is 4.74 Å². The van der Waals surface area contributed by atoms with Crippen molar-refractivity contribution in [2.24, 2.45) is 7.05 Å². The number of rotatable bonds is 3. The minimum Gasteiger partial charge on any atom is -0.473 e. The number of carbonyl (C=O) groups excluding carboxylic acids is 1. The quantitative estimate of drug-likeness (QED) is 0.589. The predicted molar refractivity (Wildman–Crippen MR) is 113 cm³/mol. The molecule has 0 radical (unpaired) electrons. The summed E-state index contributed by atoms with van der Waals surface area (Å²) < 4.78 is 26.8. The van der Waals surface area contributed by atoms with Gasteiger partial charge in [0.2, 0.25) is 11.8 Å². The molecule has 4 rings (SSSR count). The Morgan fingerprint density at radius 3 is 2.55 bits per heavy atom. The van der Waals surface area contributed by atoms with Crippen molar-refractivity contribution in [1.29, 1.82) is 0 Å². The number of nitrogens with zero attached hydrogens (tertiary/aromatic N) is 5. The summed E-state index contributed by atoms with van der Waals surface area (Å²) >= 11 is 0. The van der Waals surface area contributed by atoms with Crippen molar-refractivity contribution in [2.75, 3.05) is 13.1 Å². The van der Waals surface area contributed by atoms with Gasteiger partial charge in [-0.2, -0.15) is 9.37 Å². The van der Waals surface area contributed by atoms with Gasteiger partial charge in [-0.1, -0.05) is 0 Å². The van der Waals surface area contributed by atoms with Gasteiger partial charge in [0.25, 0.3) is 0 Å². The van der Waals surface area contributed by atoms with Crippen molar-refractivity contribution in [3.63, 3.8) is 0 Å². The summed E-state index contributed by atoms with van der Waals surface area (Å²) in [7, 11) is 1.89. The largest absolute Gasteiger partial charge is 0.473 e. The van der Waals surface area contributed by atoms with Crippen LogP contribution in [0.25, 0.3) is 22.2 Å². The van der Waals surface area contributed by atoms with Crippen LogP contribution in [-0.2, 0) is 11.8 Å². The normalized spacial score (nSPS) is 15.3. The molecule has 8 nitrogen and oxygen atoms in total. The number of halogens is 1. The molecule has 31 heavy (non-hydrogen) atoms. The monoisotopic (exact) mass is 427 g/mol. The molecule has 1 amide bonds. The zero-order valence-corrected chi connectivity index (χ0v) is 18.1. The lowest BCUT2D eigenvalue weighted by Gasteiger charge is -2.33. The Balaban J connectivity index is 1.50.